The van der Waals surface area contributed by atoms with Crippen LogP contribution in [0, 0.1) is 0 Å². The Hall–Kier alpha value is -1.96. The Morgan fingerprint density at radius 1 is 1.33 bits per heavy atom. The number of benzene rings is 1. The number of carbonyl (C=O) groups is 1. The average Bonchev–Trinajstić information content (AvgIpc) is 2.28. The van der Waals surface area contributed by atoms with Gasteiger partial charge in [-0.3, -0.25) is 4.79 Å². The Labute approximate surface area is 123 Å². The highest BCUT2D eigenvalue weighted by molar-refractivity contribution is 6.32. The van der Waals surface area contributed by atoms with E-state index in [1.54, 1.807) is 13.8 Å². The van der Waals surface area contributed by atoms with E-state index in [1.165, 1.54) is 6.07 Å². The molecule has 0 saturated heterocycles. The van der Waals surface area contributed by atoms with Crippen molar-refractivity contribution in [3.8, 4) is 5.75 Å². The predicted octanol–water partition coefficient (Wildman–Crippen LogP) is 2.78. The van der Waals surface area contributed by atoms with E-state index in [0.717, 1.165) is 6.07 Å². The fourth-order valence-electron chi connectivity index (χ4n) is 1.61. The Morgan fingerprint density at radius 2 is 1.90 bits per heavy atom. The number of alkyl halides is 3. The van der Waals surface area contributed by atoms with Crippen molar-refractivity contribution in [1.29, 1.82) is 0 Å². The van der Waals surface area contributed by atoms with Crippen molar-refractivity contribution in [2.45, 2.75) is 26.1 Å². The number of nitrogens with two attached hydrogens (primary N) is 2. The van der Waals surface area contributed by atoms with E-state index in [9.17, 15) is 18.0 Å². The molecular weight excluding hydrogens is 311 g/mol. The van der Waals surface area contributed by atoms with Crippen LogP contribution in [0.5, 0.6) is 5.75 Å². The quantitative estimate of drug-likeness (QED) is 0.661. The van der Waals surface area contributed by atoms with Gasteiger partial charge in [-0.05, 0) is 23.6 Å². The maximum atomic E-state index is 12.3. The maximum absolute atomic E-state index is 12.3. The van der Waals surface area contributed by atoms with Gasteiger partial charge in [-0.2, -0.15) is 4.99 Å². The number of hydrogen-bond donors (Lipinski definition) is 2. The highest BCUT2D eigenvalue weighted by atomic mass is 35.5. The first-order chi connectivity index (χ1) is 9.51. The lowest BCUT2D eigenvalue weighted by Crippen LogP contribution is -2.24. The first-order valence-electron chi connectivity index (χ1n) is 5.74. The Kier molecular flexibility index (Phi) is 5.06. The molecule has 0 aliphatic rings. The largest absolute Gasteiger partial charge is 0.573 e. The molecule has 0 aliphatic carbocycles. The Morgan fingerprint density at radius 3 is 2.33 bits per heavy atom. The van der Waals surface area contributed by atoms with Gasteiger partial charge in [-0.25, -0.2) is 0 Å². The first kappa shape index (κ1) is 17.1. The van der Waals surface area contributed by atoms with E-state index >= 15 is 0 Å². The SMILES string of the molecule is CC(C)c1cc(Cl)c(OC(F)(F)F)cc1C(=O)N=C(N)N. The normalized spacial score (nSPS) is 11.4. The van der Waals surface area contributed by atoms with Crippen molar-refractivity contribution in [2.24, 2.45) is 16.5 Å². The number of aliphatic imine (C=N–C) groups is 1. The summed E-state index contributed by atoms with van der Waals surface area (Å²) in [5.74, 6) is -2.25. The second-order valence-electron chi connectivity index (χ2n) is 4.41. The lowest BCUT2D eigenvalue weighted by molar-refractivity contribution is -0.274. The lowest BCUT2D eigenvalue weighted by atomic mass is 9.96. The van der Waals surface area contributed by atoms with Crippen LogP contribution in [0.1, 0.15) is 35.7 Å². The summed E-state index contributed by atoms with van der Waals surface area (Å²) >= 11 is 5.74. The third kappa shape index (κ3) is 4.82. The van der Waals surface area contributed by atoms with Gasteiger partial charge in [-0.15, -0.1) is 13.2 Å². The fourth-order valence-corrected chi connectivity index (χ4v) is 1.82. The molecule has 21 heavy (non-hydrogen) atoms. The maximum Gasteiger partial charge on any atom is 0.573 e. The van der Waals surface area contributed by atoms with Gasteiger partial charge < -0.3 is 16.2 Å². The molecule has 0 fully saturated rings. The Bertz CT molecular complexity index is 582. The van der Waals surface area contributed by atoms with Gasteiger partial charge >= 0.3 is 6.36 Å². The molecule has 9 heteroatoms. The second-order valence-corrected chi connectivity index (χ2v) is 4.82. The number of halogens is 4. The summed E-state index contributed by atoms with van der Waals surface area (Å²) in [6.07, 6.45) is -4.93. The molecule has 1 aromatic rings. The Balaban J connectivity index is 3.41. The zero-order chi connectivity index (χ0) is 16.4. The third-order valence-electron chi connectivity index (χ3n) is 2.41. The molecule has 1 rings (SSSR count). The van der Waals surface area contributed by atoms with Crippen LogP contribution < -0.4 is 16.2 Å². The van der Waals surface area contributed by atoms with Crippen LogP contribution in [0.4, 0.5) is 13.2 Å². The van der Waals surface area contributed by atoms with Gasteiger partial charge in [0.05, 0.1) is 5.02 Å². The number of nitrogens with zero attached hydrogens (tertiary/aromatic N) is 1. The summed E-state index contributed by atoms with van der Waals surface area (Å²) in [4.78, 5) is 15.2. The highest BCUT2D eigenvalue weighted by Gasteiger charge is 2.33. The molecule has 0 saturated carbocycles. The second kappa shape index (κ2) is 6.21. The third-order valence-corrected chi connectivity index (χ3v) is 2.71. The van der Waals surface area contributed by atoms with Gasteiger partial charge in [0.2, 0.25) is 0 Å². The van der Waals surface area contributed by atoms with Crippen LogP contribution in [0.15, 0.2) is 17.1 Å². The van der Waals surface area contributed by atoms with Crippen molar-refractivity contribution in [2.75, 3.05) is 0 Å². The van der Waals surface area contributed by atoms with Gasteiger partial charge in [0.1, 0.15) is 5.75 Å². The average molecular weight is 324 g/mol. The zero-order valence-electron chi connectivity index (χ0n) is 11.2. The summed E-state index contributed by atoms with van der Waals surface area (Å²) in [5.41, 5.74) is 10.5. The molecular formula is C12H13ClF3N3O2. The van der Waals surface area contributed by atoms with Crippen LogP contribution in [0.25, 0.3) is 0 Å². The molecule has 0 radical (unpaired) electrons. The molecule has 0 aromatic heterocycles. The molecule has 0 unspecified atom stereocenters. The number of guanidine groups is 1. The molecule has 5 nitrogen and oxygen atoms in total. The zero-order valence-corrected chi connectivity index (χ0v) is 11.9. The van der Waals surface area contributed by atoms with E-state index in [-0.39, 0.29) is 16.5 Å². The first-order valence-corrected chi connectivity index (χ1v) is 6.12. The summed E-state index contributed by atoms with van der Waals surface area (Å²) < 4.78 is 40.6. The van der Waals surface area contributed by atoms with Crippen LogP contribution >= 0.6 is 11.6 Å². The number of ether oxygens (including phenoxy) is 1. The molecule has 0 atom stereocenters. The molecule has 4 N–H and O–H groups in total. The molecule has 0 aliphatic heterocycles. The van der Waals surface area contributed by atoms with Crippen LogP contribution in [-0.4, -0.2) is 18.2 Å². The topological polar surface area (TPSA) is 90.7 Å². The summed E-state index contributed by atoms with van der Waals surface area (Å²) in [6, 6.07) is 2.10. The van der Waals surface area contributed by atoms with Crippen molar-refractivity contribution in [3.05, 3.63) is 28.3 Å². The molecule has 1 aromatic carbocycles. The number of hydrogen-bond acceptors (Lipinski definition) is 2. The summed E-state index contributed by atoms with van der Waals surface area (Å²) in [6.45, 7) is 3.48. The van der Waals surface area contributed by atoms with Crippen LogP contribution in [0.3, 0.4) is 0 Å². The van der Waals surface area contributed by atoms with Crippen molar-refractivity contribution in [3.63, 3.8) is 0 Å². The number of rotatable bonds is 3. The predicted molar refractivity (Wildman–Crippen MR) is 72.4 cm³/mol. The van der Waals surface area contributed by atoms with Crippen molar-refractivity contribution >= 4 is 23.5 Å². The minimum absolute atomic E-state index is 0.109. The van der Waals surface area contributed by atoms with Crippen LogP contribution in [-0.2, 0) is 0 Å². The van der Waals surface area contributed by atoms with Gasteiger partial charge in [-0.1, -0.05) is 25.4 Å². The molecule has 0 spiro atoms. The molecule has 116 valence electrons. The van der Waals surface area contributed by atoms with Gasteiger partial charge in [0.15, 0.2) is 5.96 Å². The molecule has 1 amide bonds. The van der Waals surface area contributed by atoms with E-state index in [4.69, 9.17) is 23.1 Å². The van der Waals surface area contributed by atoms with Crippen LogP contribution in [0.2, 0.25) is 5.02 Å². The van der Waals surface area contributed by atoms with Crippen molar-refractivity contribution in [1.82, 2.24) is 0 Å². The van der Waals surface area contributed by atoms with Gasteiger partial charge in [0, 0.05) is 5.56 Å². The van der Waals surface area contributed by atoms with Gasteiger partial charge in [0.25, 0.3) is 5.91 Å². The lowest BCUT2D eigenvalue weighted by Gasteiger charge is -2.15. The fraction of sp³-hybridized carbons (Fsp3) is 0.333. The molecule has 0 bridgehead atoms. The van der Waals surface area contributed by atoms with E-state index in [1.807, 2.05) is 0 Å². The smallest absolute Gasteiger partial charge is 0.404 e. The summed E-state index contributed by atoms with van der Waals surface area (Å²) in [5, 5.41) is -0.266. The van der Waals surface area contributed by atoms with E-state index in [0.29, 0.717) is 5.56 Å². The molecule has 0 heterocycles. The monoisotopic (exact) mass is 323 g/mol. The van der Waals surface area contributed by atoms with E-state index in [2.05, 4.69) is 9.73 Å². The number of carbonyl (C=O) groups excluding carboxylic acids is 1. The van der Waals surface area contributed by atoms with Crippen molar-refractivity contribution < 1.29 is 22.7 Å². The minimum atomic E-state index is -4.93. The minimum Gasteiger partial charge on any atom is -0.404 e. The number of amides is 1. The van der Waals surface area contributed by atoms with E-state index < -0.39 is 24.0 Å². The highest BCUT2D eigenvalue weighted by Crippen LogP contribution is 2.35. The summed E-state index contributed by atoms with van der Waals surface area (Å²) in [7, 11) is 0. The standard InChI is InChI=1S/C12H13ClF3N3O2/c1-5(2)6-3-8(13)9(21-12(14,15)16)4-7(6)10(20)19-11(17)18/h3-5H,1-2H3,(H4,17,18,19,20).